The number of aliphatic hydroxyl groups excluding tert-OH is 1. The van der Waals surface area contributed by atoms with Crippen LogP contribution in [0.25, 0.3) is 11.1 Å². The highest BCUT2D eigenvalue weighted by molar-refractivity contribution is 7.99. The molecular weight excluding hydrogens is 418 g/mol. The first-order valence-corrected chi connectivity index (χ1v) is 11.9. The van der Waals surface area contributed by atoms with Gasteiger partial charge in [0.05, 0.1) is 12.7 Å². The molecule has 0 aromatic heterocycles. The van der Waals surface area contributed by atoms with Crippen LogP contribution in [0.3, 0.4) is 0 Å². The average Bonchev–Trinajstić information content (AvgIpc) is 3.57. The Morgan fingerprint density at radius 3 is 2.62 bits per heavy atom. The molecule has 4 nitrogen and oxygen atoms in total. The SMILES string of the molecule is CC1(SNC(=O)c2ccccc2-c2ccc3c(c2)OC[C@@H](Cc2ccccc2)[C@@H]3O)CC1. The maximum atomic E-state index is 12.9. The van der Waals surface area contributed by atoms with Crippen molar-refractivity contribution >= 4 is 17.9 Å². The van der Waals surface area contributed by atoms with Gasteiger partial charge in [0.15, 0.2) is 0 Å². The van der Waals surface area contributed by atoms with Crippen molar-refractivity contribution in [2.75, 3.05) is 6.61 Å². The van der Waals surface area contributed by atoms with Gasteiger partial charge in [-0.1, -0.05) is 60.7 Å². The molecule has 5 heteroatoms. The van der Waals surface area contributed by atoms with Gasteiger partial charge in [-0.2, -0.15) is 0 Å². The highest BCUT2D eigenvalue weighted by Gasteiger charge is 2.39. The predicted octanol–water partition coefficient (Wildman–Crippen LogP) is 5.57. The number of hydrogen-bond donors (Lipinski definition) is 2. The van der Waals surface area contributed by atoms with Crippen molar-refractivity contribution in [1.29, 1.82) is 0 Å². The molecule has 1 heterocycles. The number of rotatable bonds is 6. The van der Waals surface area contributed by atoms with Crippen molar-refractivity contribution in [3.63, 3.8) is 0 Å². The Kier molecular flexibility index (Phi) is 5.70. The van der Waals surface area contributed by atoms with Crippen LogP contribution < -0.4 is 9.46 Å². The van der Waals surface area contributed by atoms with E-state index in [-0.39, 0.29) is 16.6 Å². The molecule has 1 aliphatic heterocycles. The average molecular weight is 446 g/mol. The summed E-state index contributed by atoms with van der Waals surface area (Å²) in [6, 6.07) is 23.7. The molecule has 0 saturated heterocycles. The molecule has 0 unspecified atom stereocenters. The summed E-state index contributed by atoms with van der Waals surface area (Å²) in [5.74, 6) is 0.615. The zero-order valence-corrected chi connectivity index (χ0v) is 18.9. The number of fused-ring (bicyclic) bond motifs is 1. The maximum Gasteiger partial charge on any atom is 0.261 e. The number of benzene rings is 3. The van der Waals surface area contributed by atoms with Gasteiger partial charge in [-0.15, -0.1) is 0 Å². The van der Waals surface area contributed by atoms with Gasteiger partial charge in [0.2, 0.25) is 0 Å². The lowest BCUT2D eigenvalue weighted by Gasteiger charge is -2.31. The van der Waals surface area contributed by atoms with Gasteiger partial charge < -0.3 is 9.84 Å². The fourth-order valence-electron chi connectivity index (χ4n) is 4.14. The topological polar surface area (TPSA) is 58.6 Å². The number of aliphatic hydroxyl groups is 1. The van der Waals surface area contributed by atoms with Gasteiger partial charge in [0.25, 0.3) is 5.91 Å². The minimum atomic E-state index is -0.581. The molecule has 0 bridgehead atoms. The summed E-state index contributed by atoms with van der Waals surface area (Å²) in [7, 11) is 0. The summed E-state index contributed by atoms with van der Waals surface area (Å²) in [6.07, 6.45) is 2.45. The van der Waals surface area contributed by atoms with Gasteiger partial charge in [-0.25, -0.2) is 0 Å². The van der Waals surface area contributed by atoms with Crippen LogP contribution in [0.5, 0.6) is 5.75 Å². The van der Waals surface area contributed by atoms with Crippen LogP contribution in [0.4, 0.5) is 0 Å². The summed E-state index contributed by atoms with van der Waals surface area (Å²) in [5, 5.41) is 11.0. The van der Waals surface area contributed by atoms with Crippen LogP contribution in [0.1, 0.15) is 47.4 Å². The number of hydrogen-bond acceptors (Lipinski definition) is 4. The Morgan fingerprint density at radius 2 is 1.84 bits per heavy atom. The van der Waals surface area contributed by atoms with Crippen LogP contribution in [0.2, 0.25) is 0 Å². The minimum Gasteiger partial charge on any atom is -0.493 e. The molecule has 1 fully saturated rings. The Hall–Kier alpha value is -2.76. The Morgan fingerprint density at radius 1 is 1.09 bits per heavy atom. The largest absolute Gasteiger partial charge is 0.493 e. The molecule has 5 rings (SSSR count). The summed E-state index contributed by atoms with van der Waals surface area (Å²) in [4.78, 5) is 12.9. The highest BCUT2D eigenvalue weighted by Crippen LogP contribution is 2.46. The van der Waals surface area contributed by atoms with Gasteiger partial charge in [-0.3, -0.25) is 9.52 Å². The Labute approximate surface area is 193 Å². The number of nitrogens with one attached hydrogen (secondary N) is 1. The lowest BCUT2D eigenvalue weighted by atomic mass is 9.87. The van der Waals surface area contributed by atoms with Crippen molar-refractivity contribution in [2.24, 2.45) is 5.92 Å². The molecule has 2 N–H and O–H groups in total. The summed E-state index contributed by atoms with van der Waals surface area (Å²) >= 11 is 1.52. The van der Waals surface area contributed by atoms with Crippen LogP contribution >= 0.6 is 11.9 Å². The molecule has 164 valence electrons. The second kappa shape index (κ2) is 8.64. The first kappa shape index (κ1) is 21.1. The van der Waals surface area contributed by atoms with Crippen molar-refractivity contribution in [2.45, 2.75) is 37.0 Å². The van der Waals surface area contributed by atoms with Crippen LogP contribution in [-0.2, 0) is 6.42 Å². The van der Waals surface area contributed by atoms with E-state index < -0.39 is 6.10 Å². The third kappa shape index (κ3) is 4.41. The van der Waals surface area contributed by atoms with Crippen LogP contribution in [0.15, 0.2) is 72.8 Å². The Bertz CT molecular complexity index is 1130. The molecule has 1 amide bonds. The van der Waals surface area contributed by atoms with Gasteiger partial charge in [-0.05, 0) is 67.0 Å². The van der Waals surface area contributed by atoms with E-state index in [1.807, 2.05) is 60.7 Å². The number of ether oxygens (including phenoxy) is 1. The lowest BCUT2D eigenvalue weighted by molar-refractivity contribution is 0.0508. The first-order chi connectivity index (χ1) is 15.5. The van der Waals surface area contributed by atoms with E-state index in [9.17, 15) is 9.90 Å². The van der Waals surface area contributed by atoms with Crippen molar-refractivity contribution < 1.29 is 14.6 Å². The van der Waals surface area contributed by atoms with E-state index in [1.165, 1.54) is 17.5 Å². The number of amides is 1. The maximum absolute atomic E-state index is 12.9. The van der Waals surface area contributed by atoms with E-state index in [1.54, 1.807) is 0 Å². The van der Waals surface area contributed by atoms with Crippen LogP contribution in [-0.4, -0.2) is 22.4 Å². The van der Waals surface area contributed by atoms with Crippen molar-refractivity contribution in [3.05, 3.63) is 89.5 Å². The monoisotopic (exact) mass is 445 g/mol. The van der Waals surface area contributed by atoms with Gasteiger partial charge in [0, 0.05) is 21.8 Å². The van der Waals surface area contributed by atoms with Gasteiger partial charge in [0.1, 0.15) is 5.75 Å². The molecule has 0 radical (unpaired) electrons. The second-order valence-corrected chi connectivity index (χ2v) is 10.4. The molecule has 32 heavy (non-hydrogen) atoms. The zero-order valence-electron chi connectivity index (χ0n) is 18.1. The fraction of sp³-hybridized carbons (Fsp3) is 0.296. The highest BCUT2D eigenvalue weighted by atomic mass is 32.2. The lowest BCUT2D eigenvalue weighted by Crippen LogP contribution is -2.27. The molecule has 2 atom stereocenters. The van der Waals surface area contributed by atoms with Crippen molar-refractivity contribution in [1.82, 2.24) is 4.72 Å². The van der Waals surface area contributed by atoms with E-state index in [2.05, 4.69) is 23.8 Å². The molecular formula is C27H27NO3S. The summed E-state index contributed by atoms with van der Waals surface area (Å²) < 4.78 is 9.27. The molecule has 2 aliphatic rings. The minimum absolute atomic E-state index is 0.00891. The first-order valence-electron chi connectivity index (χ1n) is 11.1. The van der Waals surface area contributed by atoms with E-state index >= 15 is 0 Å². The predicted molar refractivity (Wildman–Crippen MR) is 129 cm³/mol. The van der Waals surface area contributed by atoms with E-state index in [0.717, 1.165) is 36.0 Å². The summed E-state index contributed by atoms with van der Waals surface area (Å²) in [5.41, 5.74) is 4.41. The molecule has 0 spiro atoms. The fourth-order valence-corrected chi connectivity index (χ4v) is 4.89. The summed E-state index contributed by atoms with van der Waals surface area (Å²) in [6.45, 7) is 2.63. The van der Waals surface area contributed by atoms with E-state index in [0.29, 0.717) is 17.9 Å². The molecule has 3 aromatic carbocycles. The van der Waals surface area contributed by atoms with Crippen LogP contribution in [0, 0.1) is 5.92 Å². The normalized spacial score (nSPS) is 20.7. The quantitative estimate of drug-likeness (QED) is 0.487. The third-order valence-corrected chi connectivity index (χ3v) is 7.59. The van der Waals surface area contributed by atoms with Gasteiger partial charge >= 0.3 is 0 Å². The number of carbonyl (C=O) groups is 1. The van der Waals surface area contributed by atoms with Crippen molar-refractivity contribution in [3.8, 4) is 16.9 Å². The van der Waals surface area contributed by atoms with E-state index in [4.69, 9.17) is 4.74 Å². The standard InChI is InChI=1S/C27H27NO3S/c1-27(13-14-27)32-28-26(30)22-10-6-5-9-21(22)19-11-12-23-24(16-19)31-17-20(25(23)29)15-18-7-3-2-4-8-18/h2-12,16,20,25,29H,13-15,17H2,1H3,(H,28,30)/t20-,25+/m1/s1. The molecule has 3 aromatic rings. The molecule has 1 aliphatic carbocycles. The third-order valence-electron chi connectivity index (χ3n) is 6.40. The molecule has 1 saturated carbocycles. The second-order valence-electron chi connectivity index (χ2n) is 8.99. The smallest absolute Gasteiger partial charge is 0.261 e. The Balaban J connectivity index is 1.36. The number of carbonyl (C=O) groups excluding carboxylic acids is 1. The zero-order chi connectivity index (χ0) is 22.1.